The summed E-state index contributed by atoms with van der Waals surface area (Å²) in [5, 5.41) is 0. The number of nitrogens with two attached hydrogens (primary N) is 1. The third-order valence-electron chi connectivity index (χ3n) is 9.18. The van der Waals surface area contributed by atoms with Crippen LogP contribution in [0, 0.1) is 0 Å². The van der Waals surface area contributed by atoms with Crippen LogP contribution in [0.25, 0.3) is 0 Å². The van der Waals surface area contributed by atoms with Crippen molar-refractivity contribution in [3.05, 3.63) is 12.2 Å². The van der Waals surface area contributed by atoms with E-state index in [0.29, 0.717) is 13.0 Å². The summed E-state index contributed by atoms with van der Waals surface area (Å²) in [5.74, 6) is -0.329. The number of phosphoric ester groups is 1. The molecule has 0 bridgehead atoms. The molecule has 0 rings (SSSR count). The second-order valence-corrected chi connectivity index (χ2v) is 15.7. The molecule has 0 aliphatic rings. The first-order valence-corrected chi connectivity index (χ1v) is 22.7. The molecule has 8 nitrogen and oxygen atoms in total. The summed E-state index contributed by atoms with van der Waals surface area (Å²) >= 11 is 0. The van der Waals surface area contributed by atoms with Gasteiger partial charge in [-0.15, -0.1) is 0 Å². The monoisotopic (exact) mass is 732 g/mol. The van der Waals surface area contributed by atoms with Gasteiger partial charge in [0.25, 0.3) is 0 Å². The minimum Gasteiger partial charge on any atom is -0.457 e. The maximum absolute atomic E-state index is 12.6. The fraction of sp³-hybridized carbons (Fsp3) is 0.927. The summed E-state index contributed by atoms with van der Waals surface area (Å²) in [6.07, 6.45) is 40.8. The van der Waals surface area contributed by atoms with E-state index in [1.165, 1.54) is 154 Å². The van der Waals surface area contributed by atoms with Crippen molar-refractivity contribution in [2.24, 2.45) is 5.73 Å². The van der Waals surface area contributed by atoms with E-state index in [-0.39, 0.29) is 32.3 Å². The molecule has 0 amide bonds. The molecule has 298 valence electrons. The van der Waals surface area contributed by atoms with Gasteiger partial charge in [-0.3, -0.25) is 13.8 Å². The zero-order valence-electron chi connectivity index (χ0n) is 32.9. The lowest BCUT2D eigenvalue weighted by atomic mass is 10.0. The van der Waals surface area contributed by atoms with Crippen LogP contribution in [0.1, 0.15) is 206 Å². The van der Waals surface area contributed by atoms with Crippen molar-refractivity contribution in [3.8, 4) is 0 Å². The molecule has 0 aromatic heterocycles. The van der Waals surface area contributed by atoms with Crippen LogP contribution in [-0.4, -0.2) is 49.9 Å². The van der Waals surface area contributed by atoms with E-state index in [0.717, 1.165) is 32.1 Å². The van der Waals surface area contributed by atoms with Gasteiger partial charge < -0.3 is 20.1 Å². The standard InChI is InChI=1S/C41H82NO7P/c1-3-5-7-9-11-13-15-17-19-20-21-23-25-27-29-31-33-36-46-38-40(39-48-50(44,45)47-37-35-42)49-41(43)34-32-30-28-26-24-22-18-16-14-12-10-8-6-4-2/h19-20,40H,3-18,21-39,42H2,1-2H3,(H,44,45)/b20-19-. The fourth-order valence-electron chi connectivity index (χ4n) is 6.05. The van der Waals surface area contributed by atoms with Gasteiger partial charge in [-0.1, -0.05) is 174 Å². The lowest BCUT2D eigenvalue weighted by molar-refractivity contribution is -0.154. The average molecular weight is 732 g/mol. The first-order chi connectivity index (χ1) is 24.4. The van der Waals surface area contributed by atoms with Crippen molar-refractivity contribution in [2.75, 3.05) is 33.0 Å². The highest BCUT2D eigenvalue weighted by Crippen LogP contribution is 2.43. The SMILES string of the molecule is CCCCCCCCC/C=C\CCCCCCCCOCC(COP(=O)(O)OCCN)OC(=O)CCCCCCCCCCCCCCCC. The molecule has 0 radical (unpaired) electrons. The van der Waals surface area contributed by atoms with E-state index >= 15 is 0 Å². The molecule has 3 N–H and O–H groups in total. The molecule has 2 atom stereocenters. The van der Waals surface area contributed by atoms with E-state index in [2.05, 4.69) is 26.0 Å². The van der Waals surface area contributed by atoms with Crippen LogP contribution < -0.4 is 5.73 Å². The predicted octanol–water partition coefficient (Wildman–Crippen LogP) is 12.3. The Labute approximate surface area is 309 Å². The van der Waals surface area contributed by atoms with Gasteiger partial charge in [-0.25, -0.2) is 4.57 Å². The Morgan fingerprint density at radius 3 is 1.46 bits per heavy atom. The van der Waals surface area contributed by atoms with Crippen molar-refractivity contribution in [3.63, 3.8) is 0 Å². The molecule has 0 saturated heterocycles. The molecule has 0 aromatic carbocycles. The van der Waals surface area contributed by atoms with Crippen LogP contribution in [0.3, 0.4) is 0 Å². The summed E-state index contributed by atoms with van der Waals surface area (Å²) in [7, 11) is -4.27. The maximum Gasteiger partial charge on any atom is 0.472 e. The van der Waals surface area contributed by atoms with E-state index in [4.69, 9.17) is 24.3 Å². The number of carbonyl (C=O) groups excluding carboxylic acids is 1. The number of hydrogen-bond donors (Lipinski definition) is 2. The topological polar surface area (TPSA) is 117 Å². The van der Waals surface area contributed by atoms with Gasteiger partial charge in [0.2, 0.25) is 0 Å². The Bertz CT molecular complexity index is 782. The number of rotatable bonds is 41. The van der Waals surface area contributed by atoms with E-state index in [1.807, 2.05) is 0 Å². The molecular formula is C41H82NO7P. The van der Waals surface area contributed by atoms with Gasteiger partial charge in [0.1, 0.15) is 6.10 Å². The van der Waals surface area contributed by atoms with E-state index < -0.39 is 13.9 Å². The smallest absolute Gasteiger partial charge is 0.457 e. The minimum absolute atomic E-state index is 0.0934. The van der Waals surface area contributed by atoms with Crippen LogP contribution in [-0.2, 0) is 27.9 Å². The number of esters is 1. The second kappa shape index (κ2) is 39.4. The van der Waals surface area contributed by atoms with Crippen LogP contribution in [0.2, 0.25) is 0 Å². The first-order valence-electron chi connectivity index (χ1n) is 21.2. The molecule has 0 heterocycles. The summed E-state index contributed by atoms with van der Waals surface area (Å²) in [4.78, 5) is 22.4. The Morgan fingerprint density at radius 1 is 0.580 bits per heavy atom. The lowest BCUT2D eigenvalue weighted by Crippen LogP contribution is -2.28. The molecule has 9 heteroatoms. The number of hydrogen-bond acceptors (Lipinski definition) is 7. The zero-order valence-corrected chi connectivity index (χ0v) is 33.8. The molecule has 50 heavy (non-hydrogen) atoms. The summed E-state index contributed by atoms with van der Waals surface area (Å²) in [6, 6.07) is 0. The van der Waals surface area contributed by atoms with E-state index in [1.54, 1.807) is 0 Å². The van der Waals surface area contributed by atoms with Crippen molar-refractivity contribution >= 4 is 13.8 Å². The summed E-state index contributed by atoms with van der Waals surface area (Å²) < 4.78 is 33.4. The Hall–Kier alpha value is -0.760. The van der Waals surface area contributed by atoms with Crippen molar-refractivity contribution < 1.29 is 32.8 Å². The van der Waals surface area contributed by atoms with Gasteiger partial charge in [0.05, 0.1) is 19.8 Å². The Morgan fingerprint density at radius 2 is 1.00 bits per heavy atom. The quantitative estimate of drug-likeness (QED) is 0.0276. The summed E-state index contributed by atoms with van der Waals surface area (Å²) in [5.41, 5.74) is 5.36. The van der Waals surface area contributed by atoms with Crippen LogP contribution >= 0.6 is 7.82 Å². The van der Waals surface area contributed by atoms with Gasteiger partial charge in [-0.2, -0.15) is 0 Å². The van der Waals surface area contributed by atoms with Crippen LogP contribution in [0.5, 0.6) is 0 Å². The molecular weight excluding hydrogens is 649 g/mol. The minimum atomic E-state index is -4.27. The number of phosphoric acid groups is 1. The number of carbonyl (C=O) groups is 1. The highest BCUT2D eigenvalue weighted by Gasteiger charge is 2.25. The molecule has 0 aromatic rings. The van der Waals surface area contributed by atoms with Crippen molar-refractivity contribution in [1.29, 1.82) is 0 Å². The largest absolute Gasteiger partial charge is 0.472 e. The number of unbranched alkanes of at least 4 members (excludes halogenated alkanes) is 26. The third-order valence-corrected chi connectivity index (χ3v) is 10.2. The normalized spacial score (nSPS) is 13.6. The predicted molar refractivity (Wildman–Crippen MR) is 210 cm³/mol. The Kier molecular flexibility index (Phi) is 38.8. The molecule has 0 saturated carbocycles. The number of ether oxygens (including phenoxy) is 2. The second-order valence-electron chi connectivity index (χ2n) is 14.2. The fourth-order valence-corrected chi connectivity index (χ4v) is 6.82. The summed E-state index contributed by atoms with van der Waals surface area (Å²) in [6.45, 7) is 4.94. The van der Waals surface area contributed by atoms with Gasteiger partial charge >= 0.3 is 13.8 Å². The van der Waals surface area contributed by atoms with Gasteiger partial charge in [0, 0.05) is 19.6 Å². The van der Waals surface area contributed by atoms with Crippen LogP contribution in [0.4, 0.5) is 0 Å². The van der Waals surface area contributed by atoms with E-state index in [9.17, 15) is 14.3 Å². The van der Waals surface area contributed by atoms with Gasteiger partial charge in [-0.05, 0) is 38.5 Å². The third kappa shape index (κ3) is 38.5. The highest BCUT2D eigenvalue weighted by atomic mass is 31.2. The molecule has 0 aliphatic carbocycles. The van der Waals surface area contributed by atoms with Crippen molar-refractivity contribution in [1.82, 2.24) is 0 Å². The van der Waals surface area contributed by atoms with Crippen molar-refractivity contribution in [2.45, 2.75) is 213 Å². The molecule has 2 unspecified atom stereocenters. The molecule has 0 fully saturated rings. The molecule has 0 spiro atoms. The molecule has 0 aliphatic heterocycles. The Balaban J connectivity index is 4.02. The number of allylic oxidation sites excluding steroid dienone is 2. The van der Waals surface area contributed by atoms with Gasteiger partial charge in [0.15, 0.2) is 0 Å². The maximum atomic E-state index is 12.6. The average Bonchev–Trinajstić information content (AvgIpc) is 3.10. The van der Waals surface area contributed by atoms with Crippen LogP contribution in [0.15, 0.2) is 12.2 Å². The zero-order chi connectivity index (χ0) is 36.6. The highest BCUT2D eigenvalue weighted by molar-refractivity contribution is 7.47. The lowest BCUT2D eigenvalue weighted by Gasteiger charge is -2.20. The first kappa shape index (κ1) is 49.2.